The predicted molar refractivity (Wildman–Crippen MR) is 67.7 cm³/mol. The second-order valence-corrected chi connectivity index (χ2v) is 5.84. The van der Waals surface area contributed by atoms with Gasteiger partial charge in [-0.3, -0.25) is 4.79 Å². The molecule has 5 nitrogen and oxygen atoms in total. The Bertz CT molecular complexity index is 550. The summed E-state index contributed by atoms with van der Waals surface area (Å²) < 4.78 is 39.1. The topological polar surface area (TPSA) is 83.5 Å². The van der Waals surface area contributed by atoms with E-state index in [0.717, 1.165) is 24.3 Å². The van der Waals surface area contributed by atoms with Crippen molar-refractivity contribution in [3.8, 4) is 0 Å². The van der Waals surface area contributed by atoms with Crippen molar-refractivity contribution in [1.82, 2.24) is 4.72 Å². The molecule has 0 heterocycles. The Balaban J connectivity index is 3.14. The third-order valence-electron chi connectivity index (χ3n) is 3.07. The van der Waals surface area contributed by atoms with Gasteiger partial charge in [-0.2, -0.15) is 4.72 Å². The SMILES string of the molecule is CCC(CC)(NS(=O)(=O)c1ccc(F)cc1)C(=O)O. The van der Waals surface area contributed by atoms with Crippen LogP contribution in [-0.2, 0) is 14.8 Å². The number of halogens is 1. The van der Waals surface area contributed by atoms with Crippen LogP contribution < -0.4 is 4.72 Å². The lowest BCUT2D eigenvalue weighted by atomic mass is 9.95. The van der Waals surface area contributed by atoms with Crippen LogP contribution in [0.5, 0.6) is 0 Å². The van der Waals surface area contributed by atoms with Crippen molar-refractivity contribution in [2.24, 2.45) is 0 Å². The molecule has 0 aliphatic carbocycles. The number of hydrogen-bond donors (Lipinski definition) is 2. The highest BCUT2D eigenvalue weighted by Gasteiger charge is 2.39. The first-order chi connectivity index (χ1) is 8.77. The Morgan fingerprint density at radius 3 is 2.11 bits per heavy atom. The number of carboxylic acid groups (broad SMARTS) is 1. The Morgan fingerprint density at radius 2 is 1.74 bits per heavy atom. The summed E-state index contributed by atoms with van der Waals surface area (Å²) in [4.78, 5) is 11.1. The highest BCUT2D eigenvalue weighted by atomic mass is 32.2. The molecule has 0 aliphatic rings. The van der Waals surface area contributed by atoms with Gasteiger partial charge in [0.2, 0.25) is 10.0 Å². The molecule has 0 fully saturated rings. The van der Waals surface area contributed by atoms with Crippen LogP contribution in [0.1, 0.15) is 26.7 Å². The molecular formula is C12H16FNO4S. The van der Waals surface area contributed by atoms with E-state index in [0.29, 0.717) is 0 Å². The number of sulfonamides is 1. The monoisotopic (exact) mass is 289 g/mol. The summed E-state index contributed by atoms with van der Waals surface area (Å²) in [5, 5.41) is 9.19. The van der Waals surface area contributed by atoms with Crippen LogP contribution in [0.2, 0.25) is 0 Å². The van der Waals surface area contributed by atoms with Crippen LogP contribution in [0.15, 0.2) is 29.2 Å². The molecule has 7 heteroatoms. The average molecular weight is 289 g/mol. The molecule has 0 aromatic heterocycles. The number of carboxylic acids is 1. The summed E-state index contributed by atoms with van der Waals surface area (Å²) in [7, 11) is -4.00. The van der Waals surface area contributed by atoms with Gasteiger partial charge >= 0.3 is 5.97 Å². The lowest BCUT2D eigenvalue weighted by molar-refractivity contribution is -0.144. The van der Waals surface area contributed by atoms with Crippen molar-refractivity contribution in [2.75, 3.05) is 0 Å². The number of benzene rings is 1. The maximum absolute atomic E-state index is 12.8. The van der Waals surface area contributed by atoms with E-state index in [-0.39, 0.29) is 17.7 Å². The number of aliphatic carboxylic acids is 1. The Kier molecular flexibility index (Phi) is 4.65. The second kappa shape index (κ2) is 5.66. The fraction of sp³-hybridized carbons (Fsp3) is 0.417. The molecule has 0 radical (unpaired) electrons. The van der Waals surface area contributed by atoms with Crippen LogP contribution in [-0.4, -0.2) is 25.0 Å². The quantitative estimate of drug-likeness (QED) is 0.835. The molecular weight excluding hydrogens is 273 g/mol. The van der Waals surface area contributed by atoms with Gasteiger partial charge in [-0.25, -0.2) is 12.8 Å². The maximum atomic E-state index is 12.8. The smallest absolute Gasteiger partial charge is 0.324 e. The minimum Gasteiger partial charge on any atom is -0.480 e. The van der Waals surface area contributed by atoms with Crippen molar-refractivity contribution in [2.45, 2.75) is 37.1 Å². The normalized spacial score (nSPS) is 12.4. The zero-order valence-corrected chi connectivity index (χ0v) is 11.5. The molecule has 0 bridgehead atoms. The molecule has 0 saturated carbocycles. The van der Waals surface area contributed by atoms with Gasteiger partial charge in [-0.05, 0) is 37.1 Å². The first-order valence-corrected chi connectivity index (χ1v) is 7.28. The molecule has 2 N–H and O–H groups in total. The van der Waals surface area contributed by atoms with Gasteiger partial charge in [-0.15, -0.1) is 0 Å². The van der Waals surface area contributed by atoms with Gasteiger partial charge in [0.1, 0.15) is 11.4 Å². The molecule has 0 aliphatic heterocycles. The third-order valence-corrected chi connectivity index (χ3v) is 4.62. The predicted octanol–water partition coefficient (Wildman–Crippen LogP) is 1.75. The van der Waals surface area contributed by atoms with Gasteiger partial charge < -0.3 is 5.11 Å². The van der Waals surface area contributed by atoms with Crippen LogP contribution in [0, 0.1) is 5.82 Å². The van der Waals surface area contributed by atoms with E-state index in [1.54, 1.807) is 13.8 Å². The molecule has 106 valence electrons. The third kappa shape index (κ3) is 3.30. The van der Waals surface area contributed by atoms with E-state index in [4.69, 9.17) is 0 Å². The summed E-state index contributed by atoms with van der Waals surface area (Å²) in [6, 6.07) is 4.20. The lowest BCUT2D eigenvalue weighted by Crippen LogP contribution is -2.53. The van der Waals surface area contributed by atoms with Gasteiger partial charge in [0, 0.05) is 0 Å². The van der Waals surface area contributed by atoms with Crippen LogP contribution in [0.3, 0.4) is 0 Å². The maximum Gasteiger partial charge on any atom is 0.324 e. The van der Waals surface area contributed by atoms with Crippen molar-refractivity contribution >= 4 is 16.0 Å². The molecule has 0 atom stereocenters. The Labute approximate surface area is 111 Å². The summed E-state index contributed by atoms with van der Waals surface area (Å²) >= 11 is 0. The molecule has 0 saturated heterocycles. The van der Waals surface area contributed by atoms with Gasteiger partial charge in [0.25, 0.3) is 0 Å². The van der Waals surface area contributed by atoms with E-state index >= 15 is 0 Å². The fourth-order valence-corrected chi connectivity index (χ4v) is 3.17. The fourth-order valence-electron chi connectivity index (χ4n) is 1.67. The average Bonchev–Trinajstić information content (AvgIpc) is 2.36. The lowest BCUT2D eigenvalue weighted by Gasteiger charge is -2.27. The summed E-state index contributed by atoms with van der Waals surface area (Å²) in [6.45, 7) is 3.18. The van der Waals surface area contributed by atoms with Crippen molar-refractivity contribution in [3.63, 3.8) is 0 Å². The van der Waals surface area contributed by atoms with Crippen molar-refractivity contribution < 1.29 is 22.7 Å². The number of nitrogens with one attached hydrogen (secondary N) is 1. The summed E-state index contributed by atoms with van der Waals surface area (Å²) in [5.74, 6) is -1.79. The molecule has 1 aromatic rings. The van der Waals surface area contributed by atoms with Crippen LogP contribution >= 0.6 is 0 Å². The molecule has 0 amide bonds. The van der Waals surface area contributed by atoms with Crippen LogP contribution in [0.4, 0.5) is 4.39 Å². The van der Waals surface area contributed by atoms with E-state index in [1.165, 1.54) is 0 Å². The highest BCUT2D eigenvalue weighted by molar-refractivity contribution is 7.89. The molecule has 1 rings (SSSR count). The minimum absolute atomic E-state index is 0.110. The van der Waals surface area contributed by atoms with Gasteiger partial charge in [0.15, 0.2) is 0 Å². The van der Waals surface area contributed by atoms with Crippen molar-refractivity contribution in [3.05, 3.63) is 30.1 Å². The number of rotatable bonds is 6. The largest absolute Gasteiger partial charge is 0.480 e. The van der Waals surface area contributed by atoms with E-state index in [1.807, 2.05) is 0 Å². The van der Waals surface area contributed by atoms with Gasteiger partial charge in [-0.1, -0.05) is 13.8 Å². The highest BCUT2D eigenvalue weighted by Crippen LogP contribution is 2.20. The standard InChI is InChI=1S/C12H16FNO4S/c1-3-12(4-2,11(15)16)14-19(17,18)10-7-5-9(13)6-8-10/h5-8,14H,3-4H2,1-2H3,(H,15,16). The van der Waals surface area contributed by atoms with E-state index < -0.39 is 27.3 Å². The van der Waals surface area contributed by atoms with Gasteiger partial charge in [0.05, 0.1) is 4.90 Å². The first-order valence-electron chi connectivity index (χ1n) is 5.80. The Hall–Kier alpha value is -1.47. The second-order valence-electron chi connectivity index (χ2n) is 4.15. The van der Waals surface area contributed by atoms with Crippen LogP contribution in [0.25, 0.3) is 0 Å². The minimum atomic E-state index is -4.00. The van der Waals surface area contributed by atoms with E-state index in [9.17, 15) is 22.7 Å². The summed E-state index contributed by atoms with van der Waals surface area (Å²) in [5.41, 5.74) is -1.55. The molecule has 1 aromatic carbocycles. The first kappa shape index (κ1) is 15.6. The molecule has 0 spiro atoms. The summed E-state index contributed by atoms with van der Waals surface area (Å²) in [6.07, 6.45) is 0.221. The van der Waals surface area contributed by atoms with E-state index in [2.05, 4.69) is 4.72 Å². The zero-order chi connectivity index (χ0) is 14.7. The zero-order valence-electron chi connectivity index (χ0n) is 10.7. The Morgan fingerprint density at radius 1 is 1.26 bits per heavy atom. The number of carbonyl (C=O) groups is 1. The van der Waals surface area contributed by atoms with Crippen molar-refractivity contribution in [1.29, 1.82) is 0 Å². The molecule has 0 unspecified atom stereocenters. The molecule has 19 heavy (non-hydrogen) atoms. The number of hydrogen-bond acceptors (Lipinski definition) is 3.